The fourth-order valence-electron chi connectivity index (χ4n) is 16.9. The Labute approximate surface area is 660 Å². The number of aryl methyl sites for hydroxylation is 5. The van der Waals surface area contributed by atoms with Crippen LogP contribution in [0.25, 0.3) is 27.3 Å². The molecular formula is C89H105N9O13S. The summed E-state index contributed by atoms with van der Waals surface area (Å²) in [7, 11) is 3.46. The highest BCUT2D eigenvalue weighted by Gasteiger charge is 2.49. The van der Waals surface area contributed by atoms with Crippen molar-refractivity contribution >= 4 is 69.7 Å². The number of hydrogen-bond acceptors (Lipinski definition) is 16. The van der Waals surface area contributed by atoms with Crippen LogP contribution in [0.15, 0.2) is 151 Å². The Kier molecular flexibility index (Phi) is 26.0. The molecule has 0 radical (unpaired) electrons. The molecule has 14 rings (SSSR count). The number of hydrogen-bond donors (Lipinski definition) is 3. The van der Waals surface area contributed by atoms with E-state index in [-0.39, 0.29) is 129 Å². The molecule has 0 bridgehead atoms. The van der Waals surface area contributed by atoms with Crippen LogP contribution in [0.2, 0.25) is 0 Å². The fraction of sp³-hybridized carbons (Fsp3) is 0.449. The number of aromatic nitrogens is 3. The quantitative estimate of drug-likeness (QED) is 0.0480. The molecule has 3 saturated heterocycles. The number of amides is 6. The van der Waals surface area contributed by atoms with Gasteiger partial charge in [-0.1, -0.05) is 157 Å². The van der Waals surface area contributed by atoms with Crippen molar-refractivity contribution in [3.8, 4) is 21.7 Å². The topological polar surface area (TPSA) is 274 Å². The average molecular weight is 1540 g/mol. The van der Waals surface area contributed by atoms with E-state index < -0.39 is 54.6 Å². The van der Waals surface area contributed by atoms with Gasteiger partial charge in [-0.05, 0) is 127 Å². The molecule has 112 heavy (non-hydrogen) atoms. The average Bonchev–Trinajstić information content (AvgIpc) is 1.64. The number of imidazole rings is 1. The number of carbonyl (C=O) groups is 9. The van der Waals surface area contributed by atoms with E-state index in [4.69, 9.17) is 4.74 Å². The van der Waals surface area contributed by atoms with Crippen molar-refractivity contribution in [3.63, 3.8) is 0 Å². The van der Waals surface area contributed by atoms with Crippen molar-refractivity contribution in [1.82, 2.24) is 43.9 Å². The highest BCUT2D eigenvalue weighted by atomic mass is 32.1. The zero-order chi connectivity index (χ0) is 79.9. The number of likely N-dealkylation sites (tertiary alicyclic amines) is 3. The number of ketones is 3. The van der Waals surface area contributed by atoms with Crippen LogP contribution in [0.4, 0.5) is 0 Å². The summed E-state index contributed by atoms with van der Waals surface area (Å²) in [5, 5.41) is 31.2. The van der Waals surface area contributed by atoms with Crippen LogP contribution in [0.1, 0.15) is 165 Å². The van der Waals surface area contributed by atoms with Crippen LogP contribution in [-0.4, -0.2) is 200 Å². The summed E-state index contributed by atoms with van der Waals surface area (Å²) >= 11 is 1.60. The zero-order valence-corrected chi connectivity index (χ0v) is 66.7. The van der Waals surface area contributed by atoms with Crippen LogP contribution < -0.4 is 0 Å². The molecule has 0 unspecified atom stereocenters. The van der Waals surface area contributed by atoms with Crippen LogP contribution in [0.3, 0.4) is 0 Å². The first kappa shape index (κ1) is 81.4. The smallest absolute Gasteiger partial charge is 0.255 e. The normalized spacial score (nSPS) is 20.7. The number of Topliss-reactive ketones (excluding diaryl/α,β-unsaturated/α-hetero) is 3. The number of allylic oxidation sites excluding steroid dienone is 2. The van der Waals surface area contributed by atoms with Gasteiger partial charge in [0, 0.05) is 107 Å². The van der Waals surface area contributed by atoms with E-state index in [2.05, 4.69) is 40.3 Å². The molecule has 590 valence electrons. The lowest BCUT2D eigenvalue weighted by molar-refractivity contribution is -0.147. The van der Waals surface area contributed by atoms with E-state index in [0.717, 1.165) is 73.7 Å². The minimum atomic E-state index is -0.764. The number of methoxy groups -OCH3 is 1. The number of aliphatic hydroxyl groups excluding tert-OH is 3. The van der Waals surface area contributed by atoms with Gasteiger partial charge in [0.15, 0.2) is 17.3 Å². The fourth-order valence-corrected chi connectivity index (χ4v) is 17.7. The third-order valence-corrected chi connectivity index (χ3v) is 24.1. The third-order valence-electron chi connectivity index (χ3n) is 23.1. The number of nitrogens with zero attached hydrogens (tertiary/aromatic N) is 9. The van der Waals surface area contributed by atoms with Gasteiger partial charge in [-0.3, -0.25) is 43.2 Å². The summed E-state index contributed by atoms with van der Waals surface area (Å²) in [6.07, 6.45) is 9.93. The lowest BCUT2D eigenvalue weighted by Gasteiger charge is -2.35. The largest absolute Gasteiger partial charge is 0.499 e. The van der Waals surface area contributed by atoms with Crippen molar-refractivity contribution in [2.24, 2.45) is 24.8 Å². The van der Waals surface area contributed by atoms with Crippen molar-refractivity contribution < 1.29 is 63.2 Å². The number of benzene rings is 5. The van der Waals surface area contributed by atoms with Crippen molar-refractivity contribution in [2.45, 2.75) is 200 Å². The van der Waals surface area contributed by atoms with Gasteiger partial charge in [0.25, 0.3) is 17.7 Å². The van der Waals surface area contributed by atoms with E-state index in [1.54, 1.807) is 39.6 Å². The van der Waals surface area contributed by atoms with Gasteiger partial charge in [-0.25, -0.2) is 9.97 Å². The molecule has 3 N–H and O–H groups in total. The molecule has 8 heterocycles. The molecule has 7 aliphatic rings. The van der Waals surface area contributed by atoms with Crippen LogP contribution >= 0.6 is 11.3 Å². The van der Waals surface area contributed by atoms with Crippen molar-refractivity contribution in [2.75, 3.05) is 33.3 Å². The molecule has 23 heteroatoms. The molecule has 0 spiro atoms. The number of fused-ring (bicyclic) bond motifs is 2. The molecule has 1 aliphatic carbocycles. The number of aliphatic hydroxyl groups is 3. The summed E-state index contributed by atoms with van der Waals surface area (Å²) in [5.74, 6) is -1.53. The maximum atomic E-state index is 13.9. The summed E-state index contributed by atoms with van der Waals surface area (Å²) in [6.45, 7) is 16.7. The SMILES string of the molecule is CC(C)[C@@H](C(=O)N1C[C@H](O)C[C@H]1C(=O)CCc1ccc(C2=CCCC2)cc1)N1Cc2ccccc2C1=O.COC1=CC(=O)N([C@H](C(=O)N2C[C@H](O)C[C@H]2C(=O)CCc2ccc(-c3scnc3C)cc2)C(C)C)C1.Cc1c(-c2ccc(CCC(=O)[C@@H]3C[C@@H](O)CN3C(=O)[C@H](C(C)C)N3Cc4ccccc4C3=O)cc2)ncn1C. The van der Waals surface area contributed by atoms with Crippen LogP contribution in [0.5, 0.6) is 0 Å². The number of thiazole rings is 1. The van der Waals surface area contributed by atoms with Crippen molar-refractivity contribution in [1.29, 1.82) is 0 Å². The number of carbonyl (C=O) groups excluding carboxylic acids is 9. The highest BCUT2D eigenvalue weighted by molar-refractivity contribution is 7.13. The summed E-state index contributed by atoms with van der Waals surface area (Å²) in [4.78, 5) is 139. The minimum Gasteiger partial charge on any atom is -0.499 e. The number of β-amino-alcohol motifs (C(OH)–C–C–N with tert-alkyl or cyclic N) is 3. The molecule has 22 nitrogen and oxygen atoms in total. The van der Waals surface area contributed by atoms with Gasteiger partial charge < -0.3 is 54.0 Å². The predicted octanol–water partition coefficient (Wildman–Crippen LogP) is 10.9. The highest BCUT2D eigenvalue weighted by Crippen LogP contribution is 2.36. The molecule has 5 aromatic carbocycles. The summed E-state index contributed by atoms with van der Waals surface area (Å²) < 4.78 is 7.19. The van der Waals surface area contributed by atoms with Gasteiger partial charge in [-0.15, -0.1) is 11.3 Å². The maximum Gasteiger partial charge on any atom is 0.255 e. The summed E-state index contributed by atoms with van der Waals surface area (Å²) in [6, 6.07) is 35.3. The monoisotopic (exact) mass is 1540 g/mol. The number of rotatable bonds is 25. The zero-order valence-electron chi connectivity index (χ0n) is 65.9. The van der Waals surface area contributed by atoms with E-state index in [1.165, 1.54) is 50.3 Å². The standard InChI is InChI=1S/C31H36N4O4.C31H36N2O4.C27H33N3O5S/c1-19(2)29(35-16-23-7-5-6-8-25(23)30(35)38)31(39)34-17-24(36)15-26(34)27(37)14-11-21-9-12-22(13-10-21)28-20(3)33(4)18-32-28;1-20(2)29(33-18-24-9-5-6-10-26(24)30(33)36)31(37)32-19-25(34)17-27(32)28(35)16-13-21-11-14-23(15-12-21)22-7-3-4-8-22;1-16(2)25(30-14-21(35-4)12-24(30)33)27(34)29-13-20(31)11-22(29)23(32)10-7-18-5-8-19(9-6-18)26-17(3)28-15-36-26/h5-10,12-13,18-19,24,26,29,36H,11,14-17H2,1-4H3;5-7,9-12,14-15,20,25,27,29,34H,3-4,8,13,16-19H2,1-2H3;5-6,8-9,12,15-16,20,22,25,31H,7,10-11,13-14H2,1-4H3/t24-,26+,29+;25-,27+,29+;20-,22+,25+/m111/s1. The Bertz CT molecular complexity index is 4700. The van der Waals surface area contributed by atoms with Crippen LogP contribution in [0, 0.1) is 31.6 Å². The lowest BCUT2D eigenvalue weighted by atomic mass is 9.97. The molecule has 0 saturated carbocycles. The Hall–Kier alpha value is -10.1. The number of ether oxygens (including phenoxy) is 1. The van der Waals surface area contributed by atoms with Crippen LogP contribution in [-0.2, 0) is 77.7 Å². The van der Waals surface area contributed by atoms with E-state index in [1.807, 2.05) is 157 Å². The van der Waals surface area contributed by atoms with E-state index >= 15 is 0 Å². The maximum absolute atomic E-state index is 13.9. The second-order valence-electron chi connectivity index (χ2n) is 31.9. The molecular weight excluding hydrogens is 1440 g/mol. The van der Waals surface area contributed by atoms with Gasteiger partial charge in [0.1, 0.15) is 23.9 Å². The van der Waals surface area contributed by atoms with Crippen molar-refractivity contribution in [3.05, 3.63) is 207 Å². The Morgan fingerprint density at radius 2 is 0.938 bits per heavy atom. The predicted molar refractivity (Wildman–Crippen MR) is 428 cm³/mol. The molecule has 6 aliphatic heterocycles. The van der Waals surface area contributed by atoms with E-state index in [9.17, 15) is 58.5 Å². The second kappa shape index (κ2) is 35.7. The van der Waals surface area contributed by atoms with E-state index in [0.29, 0.717) is 55.7 Å². The minimum absolute atomic E-state index is 0.0361. The van der Waals surface area contributed by atoms with Gasteiger partial charge in [0.2, 0.25) is 17.7 Å². The third kappa shape index (κ3) is 18.0. The first-order valence-electron chi connectivity index (χ1n) is 39.4. The summed E-state index contributed by atoms with van der Waals surface area (Å²) in [5.41, 5.74) is 15.8. The van der Waals surface area contributed by atoms with Gasteiger partial charge >= 0.3 is 0 Å². The lowest BCUT2D eigenvalue weighted by Crippen LogP contribution is -2.54. The second-order valence-corrected chi connectivity index (χ2v) is 32.7. The molecule has 3 fully saturated rings. The Morgan fingerprint density at radius 3 is 1.29 bits per heavy atom. The molecule has 9 atom stereocenters. The first-order valence-corrected chi connectivity index (χ1v) is 40.3. The molecule has 6 amide bonds. The van der Waals surface area contributed by atoms with Gasteiger partial charge in [0.05, 0.1) is 78.2 Å². The first-order chi connectivity index (χ1) is 53.7. The molecule has 7 aromatic rings. The van der Waals surface area contributed by atoms with Gasteiger partial charge in [-0.2, -0.15) is 0 Å². The Balaban J connectivity index is 0.000000156. The Morgan fingerprint density at radius 1 is 0.527 bits per heavy atom. The molecule has 2 aromatic heterocycles.